The van der Waals surface area contributed by atoms with Crippen LogP contribution in [0.15, 0.2) is 47.6 Å². The molecule has 0 aliphatic carbocycles. The predicted octanol–water partition coefficient (Wildman–Crippen LogP) is 2.28. The third kappa shape index (κ3) is 6.91. The molecule has 3 rings (SSSR count). The monoisotopic (exact) mass is 410 g/mol. The number of rotatable bonds is 8. The number of hydrogen-bond acceptors (Lipinski definition) is 5. The fourth-order valence-electron chi connectivity index (χ4n) is 3.22. The highest BCUT2D eigenvalue weighted by Crippen LogP contribution is 2.14. The molecule has 2 heterocycles. The predicted molar refractivity (Wildman–Crippen MR) is 123 cm³/mol. The number of aromatic nitrogens is 1. The maximum absolute atomic E-state index is 5.77. The molecule has 1 aliphatic heterocycles. The van der Waals surface area contributed by atoms with Crippen molar-refractivity contribution < 1.29 is 4.74 Å². The van der Waals surface area contributed by atoms with Gasteiger partial charge in [-0.1, -0.05) is 23.8 Å². The maximum Gasteiger partial charge on any atom is 0.191 e. The van der Waals surface area contributed by atoms with Crippen LogP contribution < -0.4 is 20.3 Å². The Hall–Kier alpha value is -2.80. The Labute approximate surface area is 180 Å². The first-order valence-electron chi connectivity index (χ1n) is 10.7. The van der Waals surface area contributed by atoms with Crippen LogP contribution in [-0.4, -0.2) is 68.8 Å². The molecule has 2 N–H and O–H groups in total. The van der Waals surface area contributed by atoms with Crippen molar-refractivity contribution in [3.63, 3.8) is 0 Å². The lowest BCUT2D eigenvalue weighted by Crippen LogP contribution is -2.44. The summed E-state index contributed by atoms with van der Waals surface area (Å²) >= 11 is 0. The smallest absolute Gasteiger partial charge is 0.191 e. The minimum atomic E-state index is 0.578. The van der Waals surface area contributed by atoms with Crippen LogP contribution in [0.2, 0.25) is 0 Å². The number of benzene rings is 1. The second-order valence-electron chi connectivity index (χ2n) is 7.60. The number of nitrogens with one attached hydrogen (secondary N) is 2. The summed E-state index contributed by atoms with van der Waals surface area (Å²) in [6, 6.07) is 12.3. The van der Waals surface area contributed by atoms with E-state index in [1.165, 1.54) is 5.56 Å². The molecule has 1 aromatic carbocycles. The van der Waals surface area contributed by atoms with Gasteiger partial charge in [0.1, 0.15) is 18.2 Å². The SMILES string of the molecule is CCNC(=NCc1ccc(N2CCN(C)CC2)nc1)NCCOc1ccc(C)cc1. The summed E-state index contributed by atoms with van der Waals surface area (Å²) in [6.45, 7) is 11.0. The summed E-state index contributed by atoms with van der Waals surface area (Å²) in [6.07, 6.45) is 1.93. The van der Waals surface area contributed by atoms with Gasteiger partial charge < -0.3 is 25.2 Å². The van der Waals surface area contributed by atoms with Crippen LogP contribution in [0.4, 0.5) is 5.82 Å². The van der Waals surface area contributed by atoms with Crippen molar-refractivity contribution >= 4 is 11.8 Å². The standard InChI is InChI=1S/C23H34N6O/c1-4-24-23(25-11-16-30-21-8-5-19(2)6-9-21)27-18-20-7-10-22(26-17-20)29-14-12-28(3)13-15-29/h5-10,17H,4,11-16,18H2,1-3H3,(H2,24,25,27). The fourth-order valence-corrected chi connectivity index (χ4v) is 3.22. The quantitative estimate of drug-likeness (QED) is 0.395. The summed E-state index contributed by atoms with van der Waals surface area (Å²) in [7, 11) is 2.16. The molecule has 0 radical (unpaired) electrons. The van der Waals surface area contributed by atoms with Gasteiger partial charge in [0.25, 0.3) is 0 Å². The van der Waals surface area contributed by atoms with Crippen LogP contribution in [0.3, 0.4) is 0 Å². The first kappa shape index (κ1) is 21.9. The van der Waals surface area contributed by atoms with Crippen LogP contribution in [0, 0.1) is 6.92 Å². The Balaban J connectivity index is 1.45. The van der Waals surface area contributed by atoms with Crippen LogP contribution in [0.1, 0.15) is 18.1 Å². The Bertz CT molecular complexity index is 782. The van der Waals surface area contributed by atoms with Crippen molar-refractivity contribution in [2.24, 2.45) is 4.99 Å². The van der Waals surface area contributed by atoms with Crippen LogP contribution in [0.5, 0.6) is 5.75 Å². The molecular formula is C23H34N6O. The van der Waals surface area contributed by atoms with Gasteiger partial charge in [0.2, 0.25) is 0 Å². The molecule has 0 amide bonds. The highest BCUT2D eigenvalue weighted by Gasteiger charge is 2.14. The molecule has 0 bridgehead atoms. The Morgan fingerprint density at radius 1 is 1.07 bits per heavy atom. The number of likely N-dealkylation sites (N-methyl/N-ethyl adjacent to an activating group) is 1. The number of aryl methyl sites for hydroxylation is 1. The van der Waals surface area contributed by atoms with Crippen LogP contribution >= 0.6 is 0 Å². The number of anilines is 1. The molecule has 1 saturated heterocycles. The minimum Gasteiger partial charge on any atom is -0.492 e. The number of nitrogens with zero attached hydrogens (tertiary/aromatic N) is 4. The molecule has 1 aliphatic rings. The van der Waals surface area contributed by atoms with E-state index >= 15 is 0 Å². The molecular weight excluding hydrogens is 376 g/mol. The van der Waals surface area contributed by atoms with Gasteiger partial charge in [0, 0.05) is 38.9 Å². The molecule has 7 heteroatoms. The van der Waals surface area contributed by atoms with Gasteiger partial charge in [0.05, 0.1) is 13.1 Å². The summed E-state index contributed by atoms with van der Waals surface area (Å²) in [5.41, 5.74) is 2.33. The number of pyridine rings is 1. The zero-order valence-electron chi connectivity index (χ0n) is 18.4. The zero-order valence-corrected chi connectivity index (χ0v) is 18.4. The summed E-state index contributed by atoms with van der Waals surface area (Å²) < 4.78 is 5.77. The average molecular weight is 411 g/mol. The number of ether oxygens (including phenoxy) is 1. The van der Waals surface area contributed by atoms with Gasteiger partial charge in [-0.15, -0.1) is 0 Å². The molecule has 0 atom stereocenters. The summed E-state index contributed by atoms with van der Waals surface area (Å²) in [4.78, 5) is 14.0. The van der Waals surface area contributed by atoms with E-state index in [9.17, 15) is 0 Å². The molecule has 0 unspecified atom stereocenters. The van der Waals surface area contributed by atoms with Crippen molar-refractivity contribution in [2.45, 2.75) is 20.4 Å². The zero-order chi connectivity index (χ0) is 21.2. The topological polar surface area (TPSA) is 65.0 Å². The van der Waals surface area contributed by atoms with E-state index in [4.69, 9.17) is 4.74 Å². The van der Waals surface area contributed by atoms with Crippen molar-refractivity contribution in [1.82, 2.24) is 20.5 Å². The van der Waals surface area contributed by atoms with Gasteiger partial charge in [-0.3, -0.25) is 0 Å². The van der Waals surface area contributed by atoms with E-state index in [2.05, 4.69) is 75.6 Å². The Morgan fingerprint density at radius 2 is 1.83 bits per heavy atom. The summed E-state index contributed by atoms with van der Waals surface area (Å²) in [5.74, 6) is 2.72. The third-order valence-corrected chi connectivity index (χ3v) is 5.08. The molecule has 7 nitrogen and oxygen atoms in total. The van der Waals surface area contributed by atoms with E-state index in [-0.39, 0.29) is 0 Å². The normalized spacial score (nSPS) is 15.2. The lowest BCUT2D eigenvalue weighted by molar-refractivity contribution is 0.312. The molecule has 1 aromatic heterocycles. The average Bonchev–Trinajstić information content (AvgIpc) is 2.77. The third-order valence-electron chi connectivity index (χ3n) is 5.08. The lowest BCUT2D eigenvalue weighted by atomic mass is 10.2. The van der Waals surface area contributed by atoms with Crippen LogP contribution in [0.25, 0.3) is 0 Å². The van der Waals surface area contributed by atoms with Gasteiger partial charge >= 0.3 is 0 Å². The fraction of sp³-hybridized carbons (Fsp3) is 0.478. The summed E-state index contributed by atoms with van der Waals surface area (Å²) in [5, 5.41) is 6.60. The number of piperazine rings is 1. The van der Waals surface area contributed by atoms with E-state index in [1.807, 2.05) is 18.3 Å². The van der Waals surface area contributed by atoms with Crippen LogP contribution in [-0.2, 0) is 6.54 Å². The number of hydrogen-bond donors (Lipinski definition) is 2. The second kappa shape index (κ2) is 11.4. The molecule has 0 saturated carbocycles. The Kier molecular flexibility index (Phi) is 8.32. The molecule has 30 heavy (non-hydrogen) atoms. The Morgan fingerprint density at radius 3 is 2.50 bits per heavy atom. The maximum atomic E-state index is 5.77. The number of aliphatic imine (C=N–C) groups is 1. The van der Waals surface area contributed by atoms with Crippen molar-refractivity contribution in [3.05, 3.63) is 53.7 Å². The van der Waals surface area contributed by atoms with Gasteiger partial charge in [-0.2, -0.15) is 0 Å². The van der Waals surface area contributed by atoms with Crippen molar-refractivity contribution in [2.75, 3.05) is 57.8 Å². The van der Waals surface area contributed by atoms with Crippen molar-refractivity contribution in [3.8, 4) is 5.75 Å². The molecule has 0 spiro atoms. The van der Waals surface area contributed by atoms with E-state index in [1.54, 1.807) is 0 Å². The van der Waals surface area contributed by atoms with Crippen molar-refractivity contribution in [1.29, 1.82) is 0 Å². The largest absolute Gasteiger partial charge is 0.492 e. The van der Waals surface area contributed by atoms with E-state index in [0.717, 1.165) is 55.8 Å². The molecule has 162 valence electrons. The van der Waals surface area contributed by atoms with E-state index < -0.39 is 0 Å². The first-order chi connectivity index (χ1) is 14.6. The minimum absolute atomic E-state index is 0.578. The molecule has 2 aromatic rings. The van der Waals surface area contributed by atoms with Gasteiger partial charge in [0.15, 0.2) is 5.96 Å². The first-order valence-corrected chi connectivity index (χ1v) is 10.7. The van der Waals surface area contributed by atoms with E-state index in [0.29, 0.717) is 19.7 Å². The molecule has 1 fully saturated rings. The second-order valence-corrected chi connectivity index (χ2v) is 7.60. The lowest BCUT2D eigenvalue weighted by Gasteiger charge is -2.33. The van der Waals surface area contributed by atoms with Gasteiger partial charge in [-0.05, 0) is 44.7 Å². The number of guanidine groups is 1. The highest BCUT2D eigenvalue weighted by atomic mass is 16.5. The van der Waals surface area contributed by atoms with Gasteiger partial charge in [-0.25, -0.2) is 9.98 Å². The highest BCUT2D eigenvalue weighted by molar-refractivity contribution is 5.79.